The Morgan fingerprint density at radius 2 is 1.47 bits per heavy atom. The van der Waals surface area contributed by atoms with Crippen LogP contribution in [0.5, 0.6) is 0 Å². The van der Waals surface area contributed by atoms with Gasteiger partial charge in [0.1, 0.15) is 0 Å². The third-order valence-electron chi connectivity index (χ3n) is 4.67. The number of hydrogen-bond acceptors (Lipinski definition) is 5. The van der Waals surface area contributed by atoms with E-state index in [9.17, 15) is 9.59 Å². The lowest BCUT2D eigenvalue weighted by Gasteiger charge is -2.06. The fraction of sp³-hybridized carbons (Fsp3) is 0.0833. The smallest absolute Gasteiger partial charge is 0.378 e. The second kappa shape index (κ2) is 9.58. The molecule has 0 amide bonds. The summed E-state index contributed by atoms with van der Waals surface area (Å²) in [4.78, 5) is 29.4. The molecule has 8 heteroatoms. The second-order valence-corrected chi connectivity index (χ2v) is 8.85. The zero-order valence-corrected chi connectivity index (χ0v) is 20.1. The van der Waals surface area contributed by atoms with Gasteiger partial charge >= 0.3 is 5.97 Å². The molecule has 0 N–H and O–H groups in total. The summed E-state index contributed by atoms with van der Waals surface area (Å²) in [6, 6.07) is 22.1. The van der Waals surface area contributed by atoms with Gasteiger partial charge < -0.3 is 4.74 Å². The monoisotopic (exact) mass is 553 g/mol. The van der Waals surface area contributed by atoms with Crippen LogP contribution in [0.1, 0.15) is 26.5 Å². The number of aromatic nitrogens is 3. The first-order valence-corrected chi connectivity index (χ1v) is 11.3. The normalized spacial score (nSPS) is 10.7. The highest BCUT2D eigenvalue weighted by Gasteiger charge is 2.21. The number of ketones is 1. The third-order valence-corrected chi connectivity index (χ3v) is 5.73. The molecular formula is C24H17Br2N3O3. The van der Waals surface area contributed by atoms with Crippen molar-refractivity contribution in [1.82, 2.24) is 14.8 Å². The van der Waals surface area contributed by atoms with Crippen LogP contribution in [0.2, 0.25) is 0 Å². The molecule has 1 aromatic heterocycles. The number of hydrogen-bond donors (Lipinski definition) is 0. The van der Waals surface area contributed by atoms with Crippen molar-refractivity contribution in [2.24, 2.45) is 0 Å². The van der Waals surface area contributed by atoms with Crippen molar-refractivity contribution in [3.63, 3.8) is 0 Å². The zero-order chi connectivity index (χ0) is 22.7. The van der Waals surface area contributed by atoms with Gasteiger partial charge in [0.05, 0.1) is 5.69 Å². The molecule has 0 unspecified atom stereocenters. The molecule has 32 heavy (non-hydrogen) atoms. The summed E-state index contributed by atoms with van der Waals surface area (Å²) in [6.45, 7) is 1.60. The van der Waals surface area contributed by atoms with Crippen LogP contribution in [-0.2, 0) is 4.74 Å². The maximum absolute atomic E-state index is 12.6. The first-order valence-electron chi connectivity index (χ1n) is 9.66. The van der Waals surface area contributed by atoms with Gasteiger partial charge in [-0.25, -0.2) is 14.5 Å². The van der Waals surface area contributed by atoms with Crippen LogP contribution in [0.3, 0.4) is 0 Å². The number of carbonyl (C=O) groups is 2. The lowest BCUT2D eigenvalue weighted by molar-refractivity contribution is 0.0462. The average molecular weight is 555 g/mol. The van der Waals surface area contributed by atoms with E-state index < -0.39 is 12.6 Å². The van der Waals surface area contributed by atoms with Crippen molar-refractivity contribution in [3.05, 3.63) is 98.7 Å². The average Bonchev–Trinajstić information content (AvgIpc) is 3.24. The van der Waals surface area contributed by atoms with E-state index in [1.807, 2.05) is 55.5 Å². The largest absolute Gasteiger partial charge is 0.451 e. The number of benzene rings is 3. The number of carbonyl (C=O) groups excluding carboxylic acids is 2. The number of ether oxygens (including phenoxy) is 1. The molecule has 0 fully saturated rings. The van der Waals surface area contributed by atoms with Gasteiger partial charge in [0.15, 0.2) is 18.2 Å². The van der Waals surface area contributed by atoms with Crippen molar-refractivity contribution in [2.45, 2.75) is 6.92 Å². The molecule has 1 heterocycles. The third kappa shape index (κ3) is 5.03. The lowest BCUT2D eigenvalue weighted by atomic mass is 10.1. The summed E-state index contributed by atoms with van der Waals surface area (Å²) in [5, 5.41) is 4.37. The minimum absolute atomic E-state index is 0.118. The first kappa shape index (κ1) is 22.1. The van der Waals surface area contributed by atoms with E-state index in [1.165, 1.54) is 0 Å². The van der Waals surface area contributed by atoms with Gasteiger partial charge in [-0.1, -0.05) is 73.8 Å². The maximum atomic E-state index is 12.6. The van der Waals surface area contributed by atoms with Crippen LogP contribution in [-0.4, -0.2) is 33.1 Å². The molecule has 6 nitrogen and oxygen atoms in total. The van der Waals surface area contributed by atoms with Crippen LogP contribution in [0.15, 0.2) is 81.7 Å². The first-order chi connectivity index (χ1) is 15.4. The lowest BCUT2D eigenvalue weighted by Crippen LogP contribution is -2.15. The van der Waals surface area contributed by atoms with Gasteiger partial charge in [0.25, 0.3) is 5.82 Å². The van der Waals surface area contributed by atoms with E-state index in [4.69, 9.17) is 4.74 Å². The molecule has 0 aliphatic carbocycles. The number of halogens is 2. The molecule has 4 rings (SSSR count). The highest BCUT2D eigenvalue weighted by atomic mass is 79.9. The summed E-state index contributed by atoms with van der Waals surface area (Å²) in [6.07, 6.45) is 0. The summed E-state index contributed by atoms with van der Waals surface area (Å²) >= 11 is 6.75. The van der Waals surface area contributed by atoms with E-state index in [2.05, 4.69) is 41.9 Å². The number of esters is 1. The highest BCUT2D eigenvalue weighted by Crippen LogP contribution is 2.24. The van der Waals surface area contributed by atoms with E-state index in [-0.39, 0.29) is 11.6 Å². The van der Waals surface area contributed by atoms with Gasteiger partial charge in [-0.15, -0.1) is 5.10 Å². The minimum Gasteiger partial charge on any atom is -0.451 e. The Kier molecular flexibility index (Phi) is 6.62. The molecular weight excluding hydrogens is 538 g/mol. The zero-order valence-electron chi connectivity index (χ0n) is 17.0. The Morgan fingerprint density at radius 1 is 0.875 bits per heavy atom. The molecule has 0 saturated carbocycles. The molecule has 160 valence electrons. The summed E-state index contributed by atoms with van der Waals surface area (Å²) < 4.78 is 8.58. The Labute approximate surface area is 201 Å². The van der Waals surface area contributed by atoms with E-state index in [0.29, 0.717) is 11.4 Å². The molecule has 0 bridgehead atoms. The number of aryl methyl sites for hydroxylation is 1. The standard InChI is InChI=1S/C24H17Br2N3O3/c1-15-2-12-20(13-3-15)29-23(17-6-10-19(26)11-7-17)27-22(28-29)24(31)32-14-21(30)16-4-8-18(25)9-5-16/h2-13H,14H2,1H3. The Morgan fingerprint density at radius 3 is 2.09 bits per heavy atom. The van der Waals surface area contributed by atoms with Crippen LogP contribution in [0.25, 0.3) is 17.1 Å². The number of nitrogens with zero attached hydrogens (tertiary/aromatic N) is 3. The van der Waals surface area contributed by atoms with Crippen molar-refractivity contribution in [1.29, 1.82) is 0 Å². The molecule has 4 aromatic rings. The molecule has 0 saturated heterocycles. The van der Waals surface area contributed by atoms with Gasteiger partial charge in [0.2, 0.25) is 0 Å². The summed E-state index contributed by atoms with van der Waals surface area (Å²) in [5.74, 6) is -0.698. The van der Waals surface area contributed by atoms with E-state index in [0.717, 1.165) is 25.8 Å². The van der Waals surface area contributed by atoms with Crippen molar-refractivity contribution in [3.8, 4) is 17.1 Å². The number of rotatable bonds is 6. The summed E-state index contributed by atoms with van der Waals surface area (Å²) in [7, 11) is 0. The fourth-order valence-corrected chi connectivity index (χ4v) is 3.49. The van der Waals surface area contributed by atoms with Crippen molar-refractivity contribution in [2.75, 3.05) is 6.61 Å². The molecule has 0 radical (unpaired) electrons. The Bertz CT molecular complexity index is 1200. The van der Waals surface area contributed by atoms with Gasteiger partial charge in [0, 0.05) is 20.1 Å². The minimum atomic E-state index is -0.764. The number of Topliss-reactive ketones (excluding diaryl/α,β-unsaturated/α-hetero) is 1. The van der Waals surface area contributed by atoms with Crippen molar-refractivity contribution >= 4 is 43.6 Å². The van der Waals surface area contributed by atoms with E-state index >= 15 is 0 Å². The predicted molar refractivity (Wildman–Crippen MR) is 128 cm³/mol. The van der Waals surface area contributed by atoms with Gasteiger partial charge in [-0.3, -0.25) is 4.79 Å². The van der Waals surface area contributed by atoms with Gasteiger partial charge in [-0.2, -0.15) is 0 Å². The van der Waals surface area contributed by atoms with Gasteiger partial charge in [-0.05, 0) is 43.3 Å². The van der Waals surface area contributed by atoms with Crippen molar-refractivity contribution < 1.29 is 14.3 Å². The molecule has 0 aliphatic heterocycles. The maximum Gasteiger partial charge on any atom is 0.378 e. The summed E-state index contributed by atoms with van der Waals surface area (Å²) in [5.41, 5.74) is 3.09. The Balaban J connectivity index is 1.60. The van der Waals surface area contributed by atoms with E-state index in [1.54, 1.807) is 28.9 Å². The topological polar surface area (TPSA) is 74.1 Å². The van der Waals surface area contributed by atoms with Crippen LogP contribution < -0.4 is 0 Å². The Hall–Kier alpha value is -3.10. The highest BCUT2D eigenvalue weighted by molar-refractivity contribution is 9.10. The van der Waals surface area contributed by atoms with Crippen LogP contribution in [0, 0.1) is 6.92 Å². The van der Waals surface area contributed by atoms with Crippen LogP contribution >= 0.6 is 31.9 Å². The fourth-order valence-electron chi connectivity index (χ4n) is 2.97. The van der Waals surface area contributed by atoms with Crippen LogP contribution in [0.4, 0.5) is 0 Å². The SMILES string of the molecule is Cc1ccc(-n2nc(C(=O)OCC(=O)c3ccc(Br)cc3)nc2-c2ccc(Br)cc2)cc1. The molecule has 3 aromatic carbocycles. The second-order valence-electron chi connectivity index (χ2n) is 7.02. The quantitative estimate of drug-likeness (QED) is 0.222. The molecule has 0 spiro atoms. The molecule has 0 atom stereocenters. The molecule has 0 aliphatic rings. The predicted octanol–water partition coefficient (Wildman–Crippen LogP) is 5.81.